The standard InChI is InChI=1S/C45H83NO4/c1-6-9-11-13-15-16-17-18-19-20-21-22-23-24-26-30-36-43(50-44(47)38-33-39-46(4)5)37-31-27-28-32-40-49-45(48)41-42(34-8-3)35-29-25-14-12-10-7-2/h15-16,18-19,41,43H,6-14,17,20-40H2,1-5H3/b16-15-,19-18-,42-41+. The van der Waals surface area contributed by atoms with Crippen molar-refractivity contribution in [3.63, 3.8) is 0 Å². The first kappa shape index (κ1) is 48.1. The van der Waals surface area contributed by atoms with E-state index < -0.39 is 0 Å². The van der Waals surface area contributed by atoms with Gasteiger partial charge in [0.25, 0.3) is 0 Å². The Kier molecular flexibility index (Phi) is 36.9. The molecule has 50 heavy (non-hydrogen) atoms. The number of carbonyl (C=O) groups excluding carboxylic acids is 2. The van der Waals surface area contributed by atoms with E-state index in [1.54, 1.807) is 6.08 Å². The Labute approximate surface area is 311 Å². The molecule has 1 atom stereocenters. The van der Waals surface area contributed by atoms with Crippen LogP contribution in [0.15, 0.2) is 36.0 Å². The molecule has 0 N–H and O–H groups in total. The lowest BCUT2D eigenvalue weighted by atomic mass is 10.0. The van der Waals surface area contributed by atoms with Crippen molar-refractivity contribution >= 4 is 11.9 Å². The molecule has 1 unspecified atom stereocenters. The molecule has 0 aliphatic rings. The second-order valence-corrected chi connectivity index (χ2v) is 14.8. The minimum absolute atomic E-state index is 0.0271. The summed E-state index contributed by atoms with van der Waals surface area (Å²) in [5.74, 6) is -0.218. The lowest BCUT2D eigenvalue weighted by molar-refractivity contribution is -0.150. The van der Waals surface area contributed by atoms with Crippen LogP contribution in [0, 0.1) is 0 Å². The summed E-state index contributed by atoms with van der Waals surface area (Å²) < 4.78 is 11.5. The highest BCUT2D eigenvalue weighted by Gasteiger charge is 2.14. The summed E-state index contributed by atoms with van der Waals surface area (Å²) in [4.78, 5) is 27.1. The zero-order chi connectivity index (χ0) is 36.8. The topological polar surface area (TPSA) is 55.8 Å². The Balaban J connectivity index is 4.28. The van der Waals surface area contributed by atoms with E-state index in [1.807, 2.05) is 14.1 Å². The molecule has 0 amide bonds. The van der Waals surface area contributed by atoms with Crippen LogP contribution in [0.3, 0.4) is 0 Å². The van der Waals surface area contributed by atoms with E-state index in [9.17, 15) is 9.59 Å². The molecule has 0 saturated carbocycles. The molecule has 0 heterocycles. The maximum Gasteiger partial charge on any atom is 0.330 e. The third kappa shape index (κ3) is 35.9. The van der Waals surface area contributed by atoms with Crippen molar-refractivity contribution in [1.82, 2.24) is 4.90 Å². The number of ether oxygens (including phenoxy) is 2. The summed E-state index contributed by atoms with van der Waals surface area (Å²) in [7, 11) is 4.08. The van der Waals surface area contributed by atoms with E-state index in [4.69, 9.17) is 9.47 Å². The van der Waals surface area contributed by atoms with E-state index in [0.717, 1.165) is 83.6 Å². The molecule has 0 saturated heterocycles. The molecule has 0 fully saturated rings. The Morgan fingerprint density at radius 2 is 1.10 bits per heavy atom. The summed E-state index contributed by atoms with van der Waals surface area (Å²) in [6.07, 6.45) is 44.0. The number of hydrogen-bond acceptors (Lipinski definition) is 5. The molecular weight excluding hydrogens is 618 g/mol. The van der Waals surface area contributed by atoms with Crippen LogP contribution < -0.4 is 0 Å². The van der Waals surface area contributed by atoms with Gasteiger partial charge in [0, 0.05) is 12.5 Å². The van der Waals surface area contributed by atoms with Crippen LogP contribution in [-0.4, -0.2) is 50.2 Å². The van der Waals surface area contributed by atoms with Crippen LogP contribution in [-0.2, 0) is 19.1 Å². The molecule has 0 bridgehead atoms. The molecular formula is C45H83NO4. The van der Waals surface area contributed by atoms with E-state index >= 15 is 0 Å². The van der Waals surface area contributed by atoms with Gasteiger partial charge in [-0.05, 0) is 111 Å². The zero-order valence-corrected chi connectivity index (χ0v) is 34.0. The van der Waals surface area contributed by atoms with Gasteiger partial charge in [-0.15, -0.1) is 0 Å². The third-order valence-electron chi connectivity index (χ3n) is 9.42. The fourth-order valence-corrected chi connectivity index (χ4v) is 6.34. The van der Waals surface area contributed by atoms with Gasteiger partial charge in [-0.25, -0.2) is 4.79 Å². The molecule has 0 aliphatic carbocycles. The summed E-state index contributed by atoms with van der Waals surface area (Å²) in [6, 6.07) is 0. The van der Waals surface area contributed by atoms with Gasteiger partial charge >= 0.3 is 11.9 Å². The summed E-state index contributed by atoms with van der Waals surface area (Å²) in [5, 5.41) is 0. The van der Waals surface area contributed by atoms with Crippen molar-refractivity contribution in [2.45, 2.75) is 213 Å². The fourth-order valence-electron chi connectivity index (χ4n) is 6.34. The van der Waals surface area contributed by atoms with Crippen LogP contribution in [0.5, 0.6) is 0 Å². The Morgan fingerprint density at radius 3 is 1.72 bits per heavy atom. The summed E-state index contributed by atoms with van der Waals surface area (Å²) in [5.41, 5.74) is 1.25. The first-order valence-electron chi connectivity index (χ1n) is 21.4. The number of unbranched alkanes of at least 4 members (excludes halogenated alkanes) is 17. The molecule has 0 radical (unpaired) electrons. The van der Waals surface area contributed by atoms with Crippen molar-refractivity contribution in [1.29, 1.82) is 0 Å². The molecule has 0 spiro atoms. The molecule has 0 rings (SSSR count). The van der Waals surface area contributed by atoms with Crippen molar-refractivity contribution < 1.29 is 19.1 Å². The quantitative estimate of drug-likeness (QED) is 0.0279. The van der Waals surface area contributed by atoms with Gasteiger partial charge in [-0.1, -0.05) is 141 Å². The minimum Gasteiger partial charge on any atom is -0.463 e. The number of esters is 2. The number of nitrogens with zero attached hydrogens (tertiary/aromatic N) is 1. The Hall–Kier alpha value is -1.88. The highest BCUT2D eigenvalue weighted by atomic mass is 16.5. The van der Waals surface area contributed by atoms with Crippen LogP contribution in [0.2, 0.25) is 0 Å². The van der Waals surface area contributed by atoms with Gasteiger partial charge in [0.15, 0.2) is 0 Å². The summed E-state index contributed by atoms with van der Waals surface area (Å²) >= 11 is 0. The lowest BCUT2D eigenvalue weighted by Gasteiger charge is -2.18. The largest absolute Gasteiger partial charge is 0.463 e. The summed E-state index contributed by atoms with van der Waals surface area (Å²) in [6.45, 7) is 8.08. The average molecular weight is 702 g/mol. The van der Waals surface area contributed by atoms with E-state index in [1.165, 1.54) is 108 Å². The second-order valence-electron chi connectivity index (χ2n) is 14.8. The predicted octanol–water partition coefficient (Wildman–Crippen LogP) is 13.4. The lowest BCUT2D eigenvalue weighted by Crippen LogP contribution is -2.20. The molecule has 292 valence electrons. The predicted molar refractivity (Wildman–Crippen MR) is 217 cm³/mol. The minimum atomic E-state index is -0.172. The normalized spacial score (nSPS) is 12.8. The van der Waals surface area contributed by atoms with Crippen LogP contribution >= 0.6 is 0 Å². The molecule has 0 aromatic heterocycles. The molecule has 5 nitrogen and oxygen atoms in total. The van der Waals surface area contributed by atoms with E-state index in [2.05, 4.69) is 50.0 Å². The zero-order valence-electron chi connectivity index (χ0n) is 34.0. The smallest absolute Gasteiger partial charge is 0.330 e. The van der Waals surface area contributed by atoms with Crippen LogP contribution in [0.1, 0.15) is 207 Å². The van der Waals surface area contributed by atoms with Crippen molar-refractivity contribution in [3.8, 4) is 0 Å². The Bertz CT molecular complexity index is 846. The van der Waals surface area contributed by atoms with Gasteiger partial charge in [-0.3, -0.25) is 4.79 Å². The van der Waals surface area contributed by atoms with E-state index in [-0.39, 0.29) is 18.0 Å². The van der Waals surface area contributed by atoms with Crippen LogP contribution in [0.4, 0.5) is 0 Å². The number of rotatable bonds is 37. The first-order chi connectivity index (χ1) is 24.4. The number of hydrogen-bond donors (Lipinski definition) is 0. The number of allylic oxidation sites excluding steroid dienone is 5. The maximum atomic E-state index is 12.6. The highest BCUT2D eigenvalue weighted by molar-refractivity contribution is 5.82. The maximum absolute atomic E-state index is 12.6. The molecule has 0 aromatic rings. The van der Waals surface area contributed by atoms with Crippen molar-refractivity contribution in [2.24, 2.45) is 0 Å². The first-order valence-corrected chi connectivity index (χ1v) is 21.4. The van der Waals surface area contributed by atoms with Crippen molar-refractivity contribution in [3.05, 3.63) is 36.0 Å². The van der Waals surface area contributed by atoms with E-state index in [0.29, 0.717) is 13.0 Å². The third-order valence-corrected chi connectivity index (χ3v) is 9.42. The van der Waals surface area contributed by atoms with Gasteiger partial charge < -0.3 is 14.4 Å². The molecule has 0 aromatic carbocycles. The van der Waals surface area contributed by atoms with Crippen molar-refractivity contribution in [2.75, 3.05) is 27.2 Å². The Morgan fingerprint density at radius 1 is 0.560 bits per heavy atom. The van der Waals surface area contributed by atoms with Gasteiger partial charge in [0.2, 0.25) is 0 Å². The highest BCUT2D eigenvalue weighted by Crippen LogP contribution is 2.19. The van der Waals surface area contributed by atoms with Crippen LogP contribution in [0.25, 0.3) is 0 Å². The average Bonchev–Trinajstić information content (AvgIpc) is 3.08. The number of carbonyl (C=O) groups is 2. The molecule has 0 aliphatic heterocycles. The SMILES string of the molecule is CCCCC/C=C\C/C=C\CCCCCCCCC(CCCCCCOC(=O)/C=C(\CCC)CCCCCCCC)OC(=O)CCCN(C)C. The van der Waals surface area contributed by atoms with Gasteiger partial charge in [0.1, 0.15) is 6.10 Å². The monoisotopic (exact) mass is 702 g/mol. The molecule has 5 heteroatoms. The van der Waals surface area contributed by atoms with Gasteiger partial charge in [0.05, 0.1) is 6.61 Å². The van der Waals surface area contributed by atoms with Gasteiger partial charge in [-0.2, -0.15) is 0 Å². The second kappa shape index (κ2) is 38.4. The fraction of sp³-hybridized carbons (Fsp3) is 0.822.